The van der Waals surface area contributed by atoms with Crippen LogP contribution in [0.4, 0.5) is 0 Å². The van der Waals surface area contributed by atoms with Gasteiger partial charge in [-0.05, 0) is 18.6 Å². The SMILES string of the molecule is Cc1cccc(-n2cncc2C(N)CO)c1Cl. The lowest BCUT2D eigenvalue weighted by molar-refractivity contribution is 0.265. The summed E-state index contributed by atoms with van der Waals surface area (Å²) in [5.41, 5.74) is 8.36. The third-order valence-electron chi connectivity index (χ3n) is 2.67. The van der Waals surface area contributed by atoms with Gasteiger partial charge in [0.2, 0.25) is 0 Å². The van der Waals surface area contributed by atoms with E-state index in [0.29, 0.717) is 5.02 Å². The number of halogens is 1. The molecule has 0 bridgehead atoms. The van der Waals surface area contributed by atoms with E-state index in [-0.39, 0.29) is 6.61 Å². The zero-order valence-corrected chi connectivity index (χ0v) is 10.2. The molecule has 1 heterocycles. The van der Waals surface area contributed by atoms with E-state index in [2.05, 4.69) is 4.98 Å². The van der Waals surface area contributed by atoms with E-state index in [1.165, 1.54) is 0 Å². The Kier molecular flexibility index (Phi) is 3.47. The molecule has 2 aromatic rings. The summed E-state index contributed by atoms with van der Waals surface area (Å²) in [5, 5.41) is 9.77. The summed E-state index contributed by atoms with van der Waals surface area (Å²) in [7, 11) is 0. The average molecular weight is 252 g/mol. The van der Waals surface area contributed by atoms with Gasteiger partial charge in [-0.15, -0.1) is 0 Å². The van der Waals surface area contributed by atoms with Gasteiger partial charge in [-0.25, -0.2) is 4.98 Å². The molecule has 4 nitrogen and oxygen atoms in total. The van der Waals surface area contributed by atoms with Crippen molar-refractivity contribution in [1.82, 2.24) is 9.55 Å². The molecule has 0 saturated heterocycles. The molecule has 0 radical (unpaired) electrons. The zero-order chi connectivity index (χ0) is 12.4. The molecule has 1 atom stereocenters. The monoisotopic (exact) mass is 251 g/mol. The van der Waals surface area contributed by atoms with Crippen LogP contribution in [0, 0.1) is 6.92 Å². The lowest BCUT2D eigenvalue weighted by Crippen LogP contribution is -2.18. The fraction of sp³-hybridized carbons (Fsp3) is 0.250. The highest BCUT2D eigenvalue weighted by Crippen LogP contribution is 2.26. The molecule has 0 saturated carbocycles. The Morgan fingerprint density at radius 2 is 2.29 bits per heavy atom. The van der Waals surface area contributed by atoms with Crippen LogP contribution in [0.25, 0.3) is 5.69 Å². The van der Waals surface area contributed by atoms with E-state index in [1.54, 1.807) is 17.1 Å². The van der Waals surface area contributed by atoms with Crippen molar-refractivity contribution in [3.63, 3.8) is 0 Å². The first-order valence-corrected chi connectivity index (χ1v) is 5.67. The van der Waals surface area contributed by atoms with Gasteiger partial charge >= 0.3 is 0 Å². The standard InChI is InChI=1S/C12H14ClN3O/c1-8-3-2-4-10(12(8)13)16-7-15-5-11(16)9(14)6-17/h2-5,7,9,17H,6,14H2,1H3. The molecular formula is C12H14ClN3O. The third-order valence-corrected chi connectivity index (χ3v) is 3.17. The van der Waals surface area contributed by atoms with Crippen molar-refractivity contribution in [3.8, 4) is 5.69 Å². The highest BCUT2D eigenvalue weighted by atomic mass is 35.5. The molecule has 2 rings (SSSR count). The minimum atomic E-state index is -0.464. The molecule has 1 unspecified atom stereocenters. The lowest BCUT2D eigenvalue weighted by Gasteiger charge is -2.14. The summed E-state index contributed by atoms with van der Waals surface area (Å²) in [4.78, 5) is 4.05. The largest absolute Gasteiger partial charge is 0.394 e. The maximum Gasteiger partial charge on any atom is 0.0995 e. The normalized spacial score (nSPS) is 12.7. The molecule has 0 aliphatic carbocycles. The summed E-state index contributed by atoms with van der Waals surface area (Å²) < 4.78 is 1.80. The van der Waals surface area contributed by atoms with Crippen molar-refractivity contribution in [2.24, 2.45) is 5.73 Å². The minimum absolute atomic E-state index is 0.130. The van der Waals surface area contributed by atoms with Gasteiger partial charge in [0.1, 0.15) is 0 Å². The summed E-state index contributed by atoms with van der Waals surface area (Å²) in [6.45, 7) is 1.81. The fourth-order valence-corrected chi connectivity index (χ4v) is 1.91. The lowest BCUT2D eigenvalue weighted by atomic mass is 10.2. The van der Waals surface area contributed by atoms with E-state index >= 15 is 0 Å². The molecule has 1 aromatic heterocycles. The van der Waals surface area contributed by atoms with Crippen molar-refractivity contribution in [3.05, 3.63) is 47.0 Å². The van der Waals surface area contributed by atoms with Gasteiger partial charge in [-0.1, -0.05) is 23.7 Å². The molecule has 0 aliphatic heterocycles. The van der Waals surface area contributed by atoms with Gasteiger partial charge < -0.3 is 15.4 Å². The Labute approximate surface area is 105 Å². The second kappa shape index (κ2) is 4.87. The predicted octanol–water partition coefficient (Wildman–Crippen LogP) is 1.83. The van der Waals surface area contributed by atoms with Gasteiger partial charge in [0.25, 0.3) is 0 Å². The quantitative estimate of drug-likeness (QED) is 0.875. The van der Waals surface area contributed by atoms with Crippen molar-refractivity contribution in [2.45, 2.75) is 13.0 Å². The van der Waals surface area contributed by atoms with Crippen LogP contribution in [-0.4, -0.2) is 21.3 Å². The number of hydrogen-bond donors (Lipinski definition) is 2. The Morgan fingerprint density at radius 3 is 3.00 bits per heavy atom. The summed E-state index contributed by atoms with van der Waals surface area (Å²) in [6, 6.07) is 5.29. The Balaban J connectivity index is 2.54. The highest BCUT2D eigenvalue weighted by Gasteiger charge is 2.14. The highest BCUT2D eigenvalue weighted by molar-refractivity contribution is 6.33. The summed E-state index contributed by atoms with van der Waals surface area (Å²) in [5.74, 6) is 0. The van der Waals surface area contributed by atoms with Crippen LogP contribution in [0.5, 0.6) is 0 Å². The summed E-state index contributed by atoms with van der Waals surface area (Å²) >= 11 is 6.25. The summed E-state index contributed by atoms with van der Waals surface area (Å²) in [6.07, 6.45) is 3.28. The Morgan fingerprint density at radius 1 is 1.53 bits per heavy atom. The van der Waals surface area contributed by atoms with Crippen molar-refractivity contribution < 1.29 is 5.11 Å². The molecule has 5 heteroatoms. The number of aryl methyl sites for hydroxylation is 1. The second-order valence-corrected chi connectivity index (χ2v) is 4.26. The number of nitrogens with two attached hydrogens (primary N) is 1. The van der Waals surface area contributed by atoms with E-state index in [4.69, 9.17) is 22.4 Å². The molecule has 3 N–H and O–H groups in total. The van der Waals surface area contributed by atoms with Gasteiger partial charge in [0.05, 0.1) is 41.6 Å². The van der Waals surface area contributed by atoms with Crippen LogP contribution >= 0.6 is 11.6 Å². The number of aliphatic hydroxyl groups is 1. The van der Waals surface area contributed by atoms with E-state index in [9.17, 15) is 0 Å². The van der Waals surface area contributed by atoms with Crippen LogP contribution in [0.15, 0.2) is 30.7 Å². The molecule has 17 heavy (non-hydrogen) atoms. The first-order valence-electron chi connectivity index (χ1n) is 5.29. The smallest absolute Gasteiger partial charge is 0.0995 e. The maximum absolute atomic E-state index is 9.10. The average Bonchev–Trinajstić information content (AvgIpc) is 2.80. The van der Waals surface area contributed by atoms with Crippen LogP contribution < -0.4 is 5.73 Å². The van der Waals surface area contributed by atoms with E-state index in [1.807, 2.05) is 25.1 Å². The number of imidazole rings is 1. The molecule has 90 valence electrons. The number of aliphatic hydroxyl groups excluding tert-OH is 1. The van der Waals surface area contributed by atoms with Crippen molar-refractivity contribution in [2.75, 3.05) is 6.61 Å². The maximum atomic E-state index is 9.10. The predicted molar refractivity (Wildman–Crippen MR) is 67.3 cm³/mol. The number of nitrogens with zero attached hydrogens (tertiary/aromatic N) is 2. The third kappa shape index (κ3) is 2.20. The Hall–Kier alpha value is -1.36. The van der Waals surface area contributed by atoms with Gasteiger partial charge in [-0.2, -0.15) is 0 Å². The van der Waals surface area contributed by atoms with E-state index < -0.39 is 6.04 Å². The van der Waals surface area contributed by atoms with Gasteiger partial charge in [0, 0.05) is 0 Å². The number of aromatic nitrogens is 2. The topological polar surface area (TPSA) is 64.1 Å². The molecule has 0 amide bonds. The number of hydrogen-bond acceptors (Lipinski definition) is 3. The number of rotatable bonds is 3. The van der Waals surface area contributed by atoms with Gasteiger partial charge in [-0.3, -0.25) is 0 Å². The molecular weight excluding hydrogens is 238 g/mol. The molecule has 1 aromatic carbocycles. The zero-order valence-electron chi connectivity index (χ0n) is 9.47. The molecule has 0 aliphatic rings. The molecule has 0 fully saturated rings. The van der Waals surface area contributed by atoms with Gasteiger partial charge in [0.15, 0.2) is 0 Å². The fourth-order valence-electron chi connectivity index (χ4n) is 1.69. The number of benzene rings is 1. The second-order valence-electron chi connectivity index (χ2n) is 3.89. The van der Waals surface area contributed by atoms with Crippen LogP contribution in [0.3, 0.4) is 0 Å². The van der Waals surface area contributed by atoms with Crippen molar-refractivity contribution in [1.29, 1.82) is 0 Å². The van der Waals surface area contributed by atoms with E-state index in [0.717, 1.165) is 16.9 Å². The Bertz CT molecular complexity index is 524. The minimum Gasteiger partial charge on any atom is -0.394 e. The van der Waals surface area contributed by atoms with Crippen LogP contribution in [-0.2, 0) is 0 Å². The molecule has 0 spiro atoms. The van der Waals surface area contributed by atoms with Crippen LogP contribution in [0.2, 0.25) is 5.02 Å². The first-order chi connectivity index (χ1) is 8.15. The first kappa shape index (κ1) is 12.1. The van der Waals surface area contributed by atoms with Crippen LogP contribution in [0.1, 0.15) is 17.3 Å². The van der Waals surface area contributed by atoms with Crippen molar-refractivity contribution >= 4 is 11.6 Å².